The van der Waals surface area contributed by atoms with Crippen molar-refractivity contribution in [3.63, 3.8) is 0 Å². The van der Waals surface area contributed by atoms with Gasteiger partial charge in [0.05, 0.1) is 7.11 Å². The van der Waals surface area contributed by atoms with E-state index in [-0.39, 0.29) is 18.6 Å². The lowest BCUT2D eigenvalue weighted by Crippen LogP contribution is -2.43. The van der Waals surface area contributed by atoms with Crippen LogP contribution in [0.2, 0.25) is 0 Å². The zero-order chi connectivity index (χ0) is 16.7. The Balaban J connectivity index is 1.89. The van der Waals surface area contributed by atoms with E-state index in [4.69, 9.17) is 9.47 Å². The standard InChI is InChI=1S/C19H27NO3/c1-4-7-15-10-11-17(18(12-15)22-3)23-13-19(21)20-16-9-6-5-8-14(16)2/h4,10-12,14,16H,1,5-9,13H2,2-3H3,(H,20,21)/t14-,16+/m1/s1. The Hall–Kier alpha value is -1.97. The molecule has 1 aromatic carbocycles. The number of hydrogen-bond acceptors (Lipinski definition) is 3. The van der Waals surface area contributed by atoms with Gasteiger partial charge in [0.15, 0.2) is 18.1 Å². The van der Waals surface area contributed by atoms with Crippen molar-refractivity contribution >= 4 is 5.91 Å². The molecule has 1 saturated carbocycles. The number of carbonyl (C=O) groups excluding carboxylic acids is 1. The smallest absolute Gasteiger partial charge is 0.258 e. The molecule has 0 saturated heterocycles. The van der Waals surface area contributed by atoms with E-state index in [0.29, 0.717) is 17.4 Å². The van der Waals surface area contributed by atoms with Crippen LogP contribution in [0.1, 0.15) is 38.2 Å². The zero-order valence-corrected chi connectivity index (χ0v) is 14.1. The molecule has 1 aliphatic carbocycles. The van der Waals surface area contributed by atoms with Gasteiger partial charge in [-0.2, -0.15) is 0 Å². The minimum absolute atomic E-state index is 0.0143. The molecule has 2 atom stereocenters. The summed E-state index contributed by atoms with van der Waals surface area (Å²) < 4.78 is 11.0. The fourth-order valence-electron chi connectivity index (χ4n) is 3.05. The lowest BCUT2D eigenvalue weighted by molar-refractivity contribution is -0.124. The molecule has 0 spiro atoms. The zero-order valence-electron chi connectivity index (χ0n) is 14.1. The van der Waals surface area contributed by atoms with E-state index in [1.165, 1.54) is 19.3 Å². The third-order valence-electron chi connectivity index (χ3n) is 4.42. The third kappa shape index (κ3) is 5.02. The summed E-state index contributed by atoms with van der Waals surface area (Å²) >= 11 is 0. The fourth-order valence-corrected chi connectivity index (χ4v) is 3.05. The molecule has 4 heteroatoms. The molecule has 126 valence electrons. The number of rotatable bonds is 7. The molecule has 0 bridgehead atoms. The summed E-state index contributed by atoms with van der Waals surface area (Å²) in [6.45, 7) is 5.94. The highest BCUT2D eigenvalue weighted by Crippen LogP contribution is 2.28. The van der Waals surface area contributed by atoms with Crippen LogP contribution in [0.15, 0.2) is 30.9 Å². The van der Waals surface area contributed by atoms with Crippen LogP contribution in [-0.4, -0.2) is 25.7 Å². The first-order valence-corrected chi connectivity index (χ1v) is 8.34. The lowest BCUT2D eigenvalue weighted by atomic mass is 9.86. The highest BCUT2D eigenvalue weighted by atomic mass is 16.5. The number of carbonyl (C=O) groups is 1. The topological polar surface area (TPSA) is 47.6 Å². The van der Waals surface area contributed by atoms with Crippen LogP contribution < -0.4 is 14.8 Å². The summed E-state index contributed by atoms with van der Waals surface area (Å²) in [6.07, 6.45) is 7.31. The van der Waals surface area contributed by atoms with Crippen LogP contribution in [0.4, 0.5) is 0 Å². The second-order valence-electron chi connectivity index (χ2n) is 6.20. The Morgan fingerprint density at radius 1 is 1.35 bits per heavy atom. The Labute approximate surface area is 138 Å². The largest absolute Gasteiger partial charge is 0.493 e. The first-order valence-electron chi connectivity index (χ1n) is 8.34. The number of hydrogen-bond donors (Lipinski definition) is 1. The van der Waals surface area contributed by atoms with Gasteiger partial charge in [-0.05, 0) is 42.9 Å². The van der Waals surface area contributed by atoms with Gasteiger partial charge < -0.3 is 14.8 Å². The normalized spacial score (nSPS) is 20.6. The van der Waals surface area contributed by atoms with Gasteiger partial charge in [0.2, 0.25) is 0 Å². The second-order valence-corrected chi connectivity index (χ2v) is 6.20. The maximum Gasteiger partial charge on any atom is 0.258 e. The van der Waals surface area contributed by atoms with Crippen LogP contribution in [0.5, 0.6) is 11.5 Å². The van der Waals surface area contributed by atoms with E-state index < -0.39 is 0 Å². The second kappa shape index (κ2) is 8.61. The number of methoxy groups -OCH3 is 1. The van der Waals surface area contributed by atoms with Crippen molar-refractivity contribution in [2.75, 3.05) is 13.7 Å². The summed E-state index contributed by atoms with van der Waals surface area (Å²) in [5, 5.41) is 3.09. The molecule has 1 N–H and O–H groups in total. The first-order chi connectivity index (χ1) is 11.1. The third-order valence-corrected chi connectivity index (χ3v) is 4.42. The average molecular weight is 317 g/mol. The minimum atomic E-state index is -0.0685. The monoisotopic (exact) mass is 317 g/mol. The number of ether oxygens (including phenoxy) is 2. The minimum Gasteiger partial charge on any atom is -0.493 e. The van der Waals surface area contributed by atoms with Crippen molar-refractivity contribution in [1.82, 2.24) is 5.32 Å². The first kappa shape index (κ1) is 17.4. The quantitative estimate of drug-likeness (QED) is 0.783. The number of amides is 1. The van der Waals surface area contributed by atoms with Crippen molar-refractivity contribution in [3.8, 4) is 11.5 Å². The van der Waals surface area contributed by atoms with Gasteiger partial charge in [-0.15, -0.1) is 6.58 Å². The Bertz CT molecular complexity index is 541. The summed E-state index contributed by atoms with van der Waals surface area (Å²) in [5.74, 6) is 1.71. The van der Waals surface area contributed by atoms with Crippen molar-refractivity contribution < 1.29 is 14.3 Å². The molecular formula is C19H27NO3. The Morgan fingerprint density at radius 3 is 2.83 bits per heavy atom. The van der Waals surface area contributed by atoms with Gasteiger partial charge in [0.1, 0.15) is 0 Å². The van der Waals surface area contributed by atoms with Gasteiger partial charge in [-0.1, -0.05) is 31.9 Å². The highest BCUT2D eigenvalue weighted by Gasteiger charge is 2.22. The molecule has 0 aliphatic heterocycles. The van der Waals surface area contributed by atoms with Gasteiger partial charge in [0.25, 0.3) is 5.91 Å². The molecule has 1 amide bonds. The molecule has 0 radical (unpaired) electrons. The van der Waals surface area contributed by atoms with Crippen LogP contribution in [0, 0.1) is 5.92 Å². The summed E-state index contributed by atoms with van der Waals surface area (Å²) in [4.78, 5) is 12.1. The molecule has 4 nitrogen and oxygen atoms in total. The molecular weight excluding hydrogens is 290 g/mol. The number of allylic oxidation sites excluding steroid dienone is 1. The van der Waals surface area contributed by atoms with E-state index in [0.717, 1.165) is 18.4 Å². The number of benzene rings is 1. The van der Waals surface area contributed by atoms with E-state index >= 15 is 0 Å². The summed E-state index contributed by atoms with van der Waals surface area (Å²) in [7, 11) is 1.60. The number of nitrogens with one attached hydrogen (secondary N) is 1. The van der Waals surface area contributed by atoms with Crippen LogP contribution in [0.3, 0.4) is 0 Å². The van der Waals surface area contributed by atoms with Gasteiger partial charge >= 0.3 is 0 Å². The van der Waals surface area contributed by atoms with Crippen molar-refractivity contribution in [2.24, 2.45) is 5.92 Å². The maximum absolute atomic E-state index is 12.1. The van der Waals surface area contributed by atoms with E-state index in [9.17, 15) is 4.79 Å². The highest BCUT2D eigenvalue weighted by molar-refractivity contribution is 5.78. The van der Waals surface area contributed by atoms with Gasteiger partial charge in [-0.25, -0.2) is 0 Å². The molecule has 23 heavy (non-hydrogen) atoms. The molecule has 0 unspecified atom stereocenters. The van der Waals surface area contributed by atoms with Crippen LogP contribution in [-0.2, 0) is 11.2 Å². The van der Waals surface area contributed by atoms with Crippen molar-refractivity contribution in [2.45, 2.75) is 45.1 Å². The SMILES string of the molecule is C=CCc1ccc(OCC(=O)N[C@H]2CCCC[C@H]2C)c(OC)c1. The van der Waals surface area contributed by atoms with Crippen molar-refractivity contribution in [3.05, 3.63) is 36.4 Å². The van der Waals surface area contributed by atoms with E-state index in [1.807, 2.05) is 24.3 Å². The predicted molar refractivity (Wildman–Crippen MR) is 92.0 cm³/mol. The van der Waals surface area contributed by atoms with E-state index in [2.05, 4.69) is 18.8 Å². The lowest BCUT2D eigenvalue weighted by Gasteiger charge is -2.29. The van der Waals surface area contributed by atoms with Crippen LogP contribution >= 0.6 is 0 Å². The summed E-state index contributed by atoms with van der Waals surface area (Å²) in [5.41, 5.74) is 1.10. The molecule has 1 fully saturated rings. The molecule has 0 heterocycles. The molecule has 1 aromatic rings. The molecule has 0 aromatic heterocycles. The van der Waals surface area contributed by atoms with Gasteiger partial charge in [0, 0.05) is 6.04 Å². The van der Waals surface area contributed by atoms with Crippen molar-refractivity contribution in [1.29, 1.82) is 0 Å². The molecule has 1 aliphatic rings. The van der Waals surface area contributed by atoms with E-state index in [1.54, 1.807) is 7.11 Å². The molecule has 2 rings (SSSR count). The van der Waals surface area contributed by atoms with Crippen LogP contribution in [0.25, 0.3) is 0 Å². The summed E-state index contributed by atoms with van der Waals surface area (Å²) in [6, 6.07) is 5.99. The van der Waals surface area contributed by atoms with Gasteiger partial charge in [-0.3, -0.25) is 4.79 Å². The predicted octanol–water partition coefficient (Wildman–Crippen LogP) is 3.50. The Kier molecular flexibility index (Phi) is 6.51. The average Bonchev–Trinajstić information content (AvgIpc) is 2.56. The fraction of sp³-hybridized carbons (Fsp3) is 0.526. The Morgan fingerprint density at radius 2 is 2.13 bits per heavy atom. The maximum atomic E-state index is 12.1.